The van der Waals surface area contributed by atoms with Crippen LogP contribution in [-0.2, 0) is 4.74 Å². The van der Waals surface area contributed by atoms with Gasteiger partial charge in [-0.15, -0.1) is 0 Å². The van der Waals surface area contributed by atoms with Crippen LogP contribution >= 0.6 is 15.9 Å². The Morgan fingerprint density at radius 2 is 2.25 bits per heavy atom. The number of ether oxygens (including phenoxy) is 1. The average Bonchev–Trinajstić information content (AvgIpc) is 3.23. The quantitative estimate of drug-likeness (QED) is 0.760. The molecule has 0 saturated heterocycles. The van der Waals surface area contributed by atoms with Crippen molar-refractivity contribution in [3.05, 3.63) is 34.1 Å². The first-order valence-corrected chi connectivity index (χ1v) is 7.79. The summed E-state index contributed by atoms with van der Waals surface area (Å²) in [5.74, 6) is 0.456. The normalized spacial score (nSPS) is 18.0. The van der Waals surface area contributed by atoms with Crippen molar-refractivity contribution in [2.45, 2.75) is 31.9 Å². The van der Waals surface area contributed by atoms with Crippen molar-refractivity contribution in [1.29, 1.82) is 0 Å². The molecule has 0 heterocycles. The van der Waals surface area contributed by atoms with Gasteiger partial charge in [-0.05, 0) is 43.9 Å². The Kier molecular flexibility index (Phi) is 5.96. The summed E-state index contributed by atoms with van der Waals surface area (Å²) in [6, 6.07) is 4.70. The standard InChI is InChI=1S/C15H21BrFNO2/c1-10(14-6-12(16)4-5-15(14)17)18-7-13(19)9-20-8-11-2-3-11/h4-6,10-11,13,18-19H,2-3,7-9H2,1H3. The van der Waals surface area contributed by atoms with E-state index in [0.29, 0.717) is 24.6 Å². The fraction of sp³-hybridized carbons (Fsp3) is 0.600. The molecular formula is C15H21BrFNO2. The molecule has 1 aromatic rings. The highest BCUT2D eigenvalue weighted by atomic mass is 79.9. The second-order valence-corrected chi connectivity index (χ2v) is 6.35. The molecule has 0 bridgehead atoms. The zero-order valence-electron chi connectivity index (χ0n) is 11.6. The van der Waals surface area contributed by atoms with E-state index in [9.17, 15) is 9.50 Å². The topological polar surface area (TPSA) is 41.5 Å². The Morgan fingerprint density at radius 1 is 1.50 bits per heavy atom. The number of rotatable bonds is 8. The van der Waals surface area contributed by atoms with Crippen molar-refractivity contribution in [3.8, 4) is 0 Å². The fourth-order valence-corrected chi connectivity index (χ4v) is 2.36. The van der Waals surface area contributed by atoms with Crippen LogP contribution in [0.5, 0.6) is 0 Å². The van der Waals surface area contributed by atoms with Gasteiger partial charge in [0.2, 0.25) is 0 Å². The van der Waals surface area contributed by atoms with E-state index >= 15 is 0 Å². The molecule has 20 heavy (non-hydrogen) atoms. The predicted octanol–water partition coefficient (Wildman–Crippen LogP) is 3.03. The van der Waals surface area contributed by atoms with Crippen LogP contribution in [0.25, 0.3) is 0 Å². The molecule has 2 rings (SSSR count). The van der Waals surface area contributed by atoms with E-state index in [4.69, 9.17) is 4.74 Å². The van der Waals surface area contributed by atoms with Gasteiger partial charge in [-0.1, -0.05) is 15.9 Å². The van der Waals surface area contributed by atoms with Crippen molar-refractivity contribution in [2.75, 3.05) is 19.8 Å². The Hall–Kier alpha value is -0.490. The summed E-state index contributed by atoms with van der Waals surface area (Å²) in [6.45, 7) is 3.34. The number of benzene rings is 1. The van der Waals surface area contributed by atoms with E-state index in [1.165, 1.54) is 18.9 Å². The minimum absolute atomic E-state index is 0.161. The third-order valence-corrected chi connectivity index (χ3v) is 3.94. The summed E-state index contributed by atoms with van der Waals surface area (Å²) in [5, 5.41) is 12.9. The molecule has 0 radical (unpaired) electrons. The van der Waals surface area contributed by atoms with Crippen LogP contribution in [0.4, 0.5) is 4.39 Å². The number of nitrogens with one attached hydrogen (secondary N) is 1. The zero-order valence-corrected chi connectivity index (χ0v) is 13.2. The van der Waals surface area contributed by atoms with Gasteiger partial charge in [0.1, 0.15) is 5.82 Å². The van der Waals surface area contributed by atoms with Gasteiger partial charge in [0, 0.05) is 29.2 Å². The first-order valence-electron chi connectivity index (χ1n) is 7.00. The fourth-order valence-electron chi connectivity index (χ4n) is 1.98. The molecule has 5 heteroatoms. The van der Waals surface area contributed by atoms with E-state index in [0.717, 1.165) is 11.1 Å². The molecular weight excluding hydrogens is 325 g/mol. The van der Waals surface area contributed by atoms with Crippen LogP contribution in [0, 0.1) is 11.7 Å². The number of hydrogen-bond acceptors (Lipinski definition) is 3. The molecule has 1 fully saturated rings. The summed E-state index contributed by atoms with van der Waals surface area (Å²) in [6.07, 6.45) is 1.92. The van der Waals surface area contributed by atoms with Crippen LogP contribution in [0.2, 0.25) is 0 Å². The predicted molar refractivity (Wildman–Crippen MR) is 80.1 cm³/mol. The summed E-state index contributed by atoms with van der Waals surface area (Å²) >= 11 is 3.33. The van der Waals surface area contributed by atoms with Gasteiger partial charge in [0.25, 0.3) is 0 Å². The lowest BCUT2D eigenvalue weighted by Crippen LogP contribution is -2.32. The van der Waals surface area contributed by atoms with Crippen LogP contribution < -0.4 is 5.32 Å². The highest BCUT2D eigenvalue weighted by molar-refractivity contribution is 9.10. The van der Waals surface area contributed by atoms with Gasteiger partial charge in [0.05, 0.1) is 12.7 Å². The van der Waals surface area contributed by atoms with Gasteiger partial charge in [-0.3, -0.25) is 0 Å². The molecule has 2 atom stereocenters. The summed E-state index contributed by atoms with van der Waals surface area (Å²) in [5.41, 5.74) is 0.588. The van der Waals surface area contributed by atoms with Crippen molar-refractivity contribution < 1.29 is 14.2 Å². The number of aliphatic hydroxyl groups excluding tert-OH is 1. The van der Waals surface area contributed by atoms with Gasteiger partial charge in [-0.25, -0.2) is 4.39 Å². The van der Waals surface area contributed by atoms with Gasteiger partial charge in [0.15, 0.2) is 0 Å². The lowest BCUT2D eigenvalue weighted by Gasteiger charge is -2.18. The van der Waals surface area contributed by atoms with Gasteiger partial charge in [-0.2, -0.15) is 0 Å². The highest BCUT2D eigenvalue weighted by Gasteiger charge is 2.21. The maximum Gasteiger partial charge on any atom is 0.128 e. The van der Waals surface area contributed by atoms with Crippen LogP contribution in [0.3, 0.4) is 0 Å². The summed E-state index contributed by atoms with van der Waals surface area (Å²) in [7, 11) is 0. The van der Waals surface area contributed by atoms with E-state index in [1.54, 1.807) is 12.1 Å². The third kappa shape index (κ3) is 5.13. The SMILES string of the molecule is CC(NCC(O)COCC1CC1)c1cc(Br)ccc1F. The molecule has 3 nitrogen and oxygen atoms in total. The van der Waals surface area contributed by atoms with Crippen LogP contribution in [0.15, 0.2) is 22.7 Å². The number of aliphatic hydroxyl groups is 1. The lowest BCUT2D eigenvalue weighted by atomic mass is 10.1. The minimum atomic E-state index is -0.564. The van der Waals surface area contributed by atoms with E-state index in [1.807, 2.05) is 6.92 Å². The smallest absolute Gasteiger partial charge is 0.128 e. The highest BCUT2D eigenvalue weighted by Crippen LogP contribution is 2.28. The Morgan fingerprint density at radius 3 is 2.95 bits per heavy atom. The molecule has 112 valence electrons. The zero-order chi connectivity index (χ0) is 14.5. The van der Waals surface area contributed by atoms with Gasteiger partial charge >= 0.3 is 0 Å². The van der Waals surface area contributed by atoms with Crippen molar-refractivity contribution >= 4 is 15.9 Å². The molecule has 2 N–H and O–H groups in total. The average molecular weight is 346 g/mol. The largest absolute Gasteiger partial charge is 0.389 e. The van der Waals surface area contributed by atoms with Crippen molar-refractivity contribution in [2.24, 2.45) is 5.92 Å². The summed E-state index contributed by atoms with van der Waals surface area (Å²) in [4.78, 5) is 0. The Balaban J connectivity index is 1.72. The monoisotopic (exact) mass is 345 g/mol. The maximum absolute atomic E-state index is 13.7. The Bertz CT molecular complexity index is 440. The molecule has 1 aliphatic carbocycles. The summed E-state index contributed by atoms with van der Waals surface area (Å²) < 4.78 is 20.0. The molecule has 1 aromatic carbocycles. The first-order chi connectivity index (χ1) is 9.56. The molecule has 0 aromatic heterocycles. The van der Waals surface area contributed by atoms with Gasteiger partial charge < -0.3 is 15.2 Å². The van der Waals surface area contributed by atoms with E-state index < -0.39 is 6.10 Å². The van der Waals surface area contributed by atoms with Crippen molar-refractivity contribution in [1.82, 2.24) is 5.32 Å². The molecule has 0 amide bonds. The maximum atomic E-state index is 13.7. The van der Waals surface area contributed by atoms with Crippen LogP contribution in [-0.4, -0.2) is 31.0 Å². The molecule has 1 aliphatic rings. The lowest BCUT2D eigenvalue weighted by molar-refractivity contribution is 0.0314. The molecule has 0 spiro atoms. The Labute approximate surface area is 127 Å². The second-order valence-electron chi connectivity index (χ2n) is 5.43. The minimum Gasteiger partial charge on any atom is -0.389 e. The van der Waals surface area contributed by atoms with Crippen LogP contribution in [0.1, 0.15) is 31.4 Å². The molecule has 0 aliphatic heterocycles. The third-order valence-electron chi connectivity index (χ3n) is 3.44. The van der Waals surface area contributed by atoms with E-state index in [-0.39, 0.29) is 11.9 Å². The first kappa shape index (κ1) is 15.9. The number of hydrogen-bond donors (Lipinski definition) is 2. The number of halogens is 2. The second kappa shape index (κ2) is 7.50. The molecule has 2 unspecified atom stereocenters. The molecule has 1 saturated carbocycles. The van der Waals surface area contributed by atoms with Crippen molar-refractivity contribution in [3.63, 3.8) is 0 Å². The van der Waals surface area contributed by atoms with E-state index in [2.05, 4.69) is 21.2 Å².